The zero-order valence-electron chi connectivity index (χ0n) is 20.0. The minimum atomic E-state index is -0.162. The molecule has 34 heavy (non-hydrogen) atoms. The van der Waals surface area contributed by atoms with Gasteiger partial charge in [0.1, 0.15) is 28.7 Å². The van der Waals surface area contributed by atoms with E-state index >= 15 is 0 Å². The van der Waals surface area contributed by atoms with Gasteiger partial charge in [-0.3, -0.25) is 4.79 Å². The quantitative estimate of drug-likeness (QED) is 0.407. The summed E-state index contributed by atoms with van der Waals surface area (Å²) in [6, 6.07) is 10.9. The van der Waals surface area contributed by atoms with Crippen molar-refractivity contribution in [2.24, 2.45) is 0 Å². The van der Waals surface area contributed by atoms with Gasteiger partial charge in [-0.05, 0) is 30.3 Å². The molecule has 0 atom stereocenters. The highest BCUT2D eigenvalue weighted by Crippen LogP contribution is 2.46. The Morgan fingerprint density at radius 2 is 1.53 bits per heavy atom. The number of ether oxygens (including phenoxy) is 5. The van der Waals surface area contributed by atoms with E-state index in [4.69, 9.17) is 23.7 Å². The second-order valence-corrected chi connectivity index (χ2v) is 7.49. The highest BCUT2D eigenvalue weighted by molar-refractivity contribution is 6.03. The second kappa shape index (κ2) is 9.38. The number of hydrogen-bond acceptors (Lipinski definition) is 8. The Balaban J connectivity index is 1.84. The summed E-state index contributed by atoms with van der Waals surface area (Å²) < 4.78 is 29.5. The number of carbonyl (C=O) groups is 1. The Labute approximate surface area is 197 Å². The molecule has 0 bridgehead atoms. The number of anilines is 1. The van der Waals surface area contributed by atoms with Crippen LogP contribution < -0.4 is 29.0 Å². The molecule has 9 nitrogen and oxygen atoms in total. The van der Waals surface area contributed by atoms with Crippen molar-refractivity contribution in [3.8, 4) is 28.7 Å². The van der Waals surface area contributed by atoms with Crippen molar-refractivity contribution in [2.75, 3.05) is 40.9 Å². The smallest absolute Gasteiger partial charge is 0.230 e. The first kappa shape index (κ1) is 23.0. The molecule has 0 saturated carbocycles. The molecule has 9 heteroatoms. The molecule has 0 aliphatic rings. The number of fused-ring (bicyclic) bond motifs is 2. The molecular formula is C25H27N3O6. The number of benzene rings is 3. The third kappa shape index (κ3) is 3.79. The second-order valence-electron chi connectivity index (χ2n) is 7.49. The fourth-order valence-electron chi connectivity index (χ4n) is 4.16. The number of carbonyl (C=O) groups excluding carboxylic acids is 1. The third-order valence-electron chi connectivity index (χ3n) is 5.68. The van der Waals surface area contributed by atoms with Crippen molar-refractivity contribution in [3.63, 3.8) is 0 Å². The van der Waals surface area contributed by atoms with Gasteiger partial charge in [0.2, 0.25) is 11.9 Å². The van der Waals surface area contributed by atoms with Crippen molar-refractivity contribution in [1.29, 1.82) is 0 Å². The van der Waals surface area contributed by atoms with E-state index in [0.717, 1.165) is 16.3 Å². The van der Waals surface area contributed by atoms with Gasteiger partial charge in [-0.15, -0.1) is 0 Å². The maximum absolute atomic E-state index is 12.4. The van der Waals surface area contributed by atoms with Crippen molar-refractivity contribution < 1.29 is 28.5 Å². The van der Waals surface area contributed by atoms with Gasteiger partial charge < -0.3 is 29.0 Å². The van der Waals surface area contributed by atoms with Gasteiger partial charge in [-0.1, -0.05) is 0 Å². The minimum Gasteiger partial charge on any atom is -0.497 e. The van der Waals surface area contributed by atoms with Crippen molar-refractivity contribution in [2.45, 2.75) is 13.5 Å². The molecule has 0 saturated heterocycles. The van der Waals surface area contributed by atoms with E-state index in [1.54, 1.807) is 47.7 Å². The molecule has 1 heterocycles. The predicted molar refractivity (Wildman–Crippen MR) is 130 cm³/mol. The summed E-state index contributed by atoms with van der Waals surface area (Å²) in [5.41, 5.74) is 2.12. The van der Waals surface area contributed by atoms with E-state index < -0.39 is 0 Å². The monoisotopic (exact) mass is 465 g/mol. The van der Waals surface area contributed by atoms with Crippen LogP contribution in [0.5, 0.6) is 28.7 Å². The maximum Gasteiger partial charge on any atom is 0.230 e. The molecule has 178 valence electrons. The molecule has 0 aliphatic carbocycles. The van der Waals surface area contributed by atoms with Crippen LogP contribution in [0.2, 0.25) is 0 Å². The molecular weight excluding hydrogens is 438 g/mol. The largest absolute Gasteiger partial charge is 0.497 e. The Bertz CT molecular complexity index is 1380. The predicted octanol–water partition coefficient (Wildman–Crippen LogP) is 4.50. The van der Waals surface area contributed by atoms with E-state index in [0.29, 0.717) is 52.3 Å². The first-order chi connectivity index (χ1) is 16.5. The summed E-state index contributed by atoms with van der Waals surface area (Å²) in [4.78, 5) is 17.0. The summed E-state index contributed by atoms with van der Waals surface area (Å²) in [5.74, 6) is 3.38. The van der Waals surface area contributed by atoms with Gasteiger partial charge in [0.15, 0.2) is 0 Å². The summed E-state index contributed by atoms with van der Waals surface area (Å²) in [6.07, 6.45) is 0. The van der Waals surface area contributed by atoms with Crippen molar-refractivity contribution in [1.82, 2.24) is 9.55 Å². The van der Waals surface area contributed by atoms with E-state index in [2.05, 4.69) is 10.3 Å². The molecule has 1 aromatic heterocycles. The number of rotatable bonds is 8. The highest BCUT2D eigenvalue weighted by Gasteiger charge is 2.22. The van der Waals surface area contributed by atoms with E-state index in [1.807, 2.05) is 24.3 Å². The Kier molecular flexibility index (Phi) is 6.36. The number of hydrogen-bond donors (Lipinski definition) is 1. The van der Waals surface area contributed by atoms with Gasteiger partial charge in [-0.2, -0.15) is 0 Å². The zero-order valence-corrected chi connectivity index (χ0v) is 20.0. The molecule has 0 spiro atoms. The maximum atomic E-state index is 12.4. The molecule has 4 aromatic rings. The Morgan fingerprint density at radius 1 is 0.853 bits per heavy atom. The number of imidazole rings is 1. The van der Waals surface area contributed by atoms with E-state index in [1.165, 1.54) is 11.5 Å². The lowest BCUT2D eigenvalue weighted by Gasteiger charge is -2.19. The molecule has 0 amide bonds. The number of nitrogens with zero attached hydrogens (tertiary/aromatic N) is 2. The minimum absolute atomic E-state index is 0.162. The zero-order chi connectivity index (χ0) is 24.4. The number of nitrogens with one attached hydrogen (secondary N) is 1. The van der Waals surface area contributed by atoms with Crippen LogP contribution in [-0.4, -0.2) is 51.0 Å². The van der Waals surface area contributed by atoms with Crippen molar-refractivity contribution >= 4 is 33.7 Å². The highest BCUT2D eigenvalue weighted by atomic mass is 16.5. The van der Waals surface area contributed by atoms with Gasteiger partial charge in [0.05, 0.1) is 57.4 Å². The lowest BCUT2D eigenvalue weighted by molar-refractivity contribution is 0.0943. The van der Waals surface area contributed by atoms with Crippen LogP contribution in [-0.2, 0) is 6.54 Å². The lowest BCUT2D eigenvalue weighted by atomic mass is 10.0. The van der Waals surface area contributed by atoms with Gasteiger partial charge in [0.25, 0.3) is 0 Å². The normalized spacial score (nSPS) is 10.9. The lowest BCUT2D eigenvalue weighted by Crippen LogP contribution is -2.12. The van der Waals surface area contributed by atoms with Crippen LogP contribution in [0.4, 0.5) is 5.95 Å². The van der Waals surface area contributed by atoms with Crippen LogP contribution in [0, 0.1) is 0 Å². The van der Waals surface area contributed by atoms with Crippen LogP contribution in [0.25, 0.3) is 21.8 Å². The standard InChI is InChI=1S/C25H27N3O6/c1-14(29)28-18-8-7-16(30-2)12-17(18)27-25(28)26-13-15-11-21(33-5)22-19(31-3)9-10-20(32-4)23(22)24(15)34-6/h7-12H,13H2,1-6H3,(H,26,27). The summed E-state index contributed by atoms with van der Waals surface area (Å²) >= 11 is 0. The molecule has 4 rings (SSSR count). The molecule has 0 fully saturated rings. The fourth-order valence-corrected chi connectivity index (χ4v) is 4.16. The summed E-state index contributed by atoms with van der Waals surface area (Å²) in [7, 11) is 7.98. The van der Waals surface area contributed by atoms with Crippen LogP contribution in [0.3, 0.4) is 0 Å². The Morgan fingerprint density at radius 3 is 2.12 bits per heavy atom. The average molecular weight is 466 g/mol. The van der Waals surface area contributed by atoms with Gasteiger partial charge in [0, 0.05) is 25.1 Å². The average Bonchev–Trinajstić information content (AvgIpc) is 3.23. The van der Waals surface area contributed by atoms with Crippen molar-refractivity contribution in [3.05, 3.63) is 42.0 Å². The molecule has 1 N–H and O–H groups in total. The number of methoxy groups -OCH3 is 5. The first-order valence-corrected chi connectivity index (χ1v) is 10.6. The first-order valence-electron chi connectivity index (χ1n) is 10.6. The third-order valence-corrected chi connectivity index (χ3v) is 5.68. The van der Waals surface area contributed by atoms with Gasteiger partial charge >= 0.3 is 0 Å². The van der Waals surface area contributed by atoms with Gasteiger partial charge in [-0.25, -0.2) is 9.55 Å². The van der Waals surface area contributed by atoms with Crippen LogP contribution >= 0.6 is 0 Å². The summed E-state index contributed by atoms with van der Waals surface area (Å²) in [6.45, 7) is 1.80. The Hall–Kier alpha value is -4.14. The topological polar surface area (TPSA) is 93.1 Å². The molecule has 0 radical (unpaired) electrons. The SMILES string of the molecule is COc1ccc2c(c1)nc(NCc1cc(OC)c3c(OC)ccc(OC)c3c1OC)n2C(C)=O. The summed E-state index contributed by atoms with van der Waals surface area (Å²) in [5, 5.41) is 4.75. The molecule has 0 unspecified atom stereocenters. The van der Waals surface area contributed by atoms with E-state index in [-0.39, 0.29) is 5.91 Å². The van der Waals surface area contributed by atoms with E-state index in [9.17, 15) is 4.79 Å². The number of aromatic nitrogens is 2. The fraction of sp³-hybridized carbons (Fsp3) is 0.280. The van der Waals surface area contributed by atoms with Crippen LogP contribution in [0.1, 0.15) is 17.3 Å². The molecule has 3 aromatic carbocycles. The van der Waals surface area contributed by atoms with Crippen LogP contribution in [0.15, 0.2) is 36.4 Å². The molecule has 0 aliphatic heterocycles.